The van der Waals surface area contributed by atoms with Crippen LogP contribution in [-0.4, -0.2) is 55.9 Å². The van der Waals surface area contributed by atoms with Crippen LogP contribution in [0.1, 0.15) is 68.0 Å². The molecule has 0 aliphatic carbocycles. The van der Waals surface area contributed by atoms with Crippen molar-refractivity contribution in [2.75, 3.05) is 23.5 Å². The number of anilines is 2. The highest BCUT2D eigenvalue weighted by atomic mass is 16.5. The molecule has 228 valence electrons. The standard InChI is InChI=1S/C33H38N8O3/c1-21-37-38-29(41(21)22-12-8-7-9-13-22)25-14-10-15-27(35-25)39-20-24-23(30(39)42)18-28(36-26(24)19-34-31(43)44-6)40-17-11-16-33(40,5)32(2,3)4/h7-10,12-15,18H,11,16-17,19-20H2,1-6H3,(H,34,43)/t33-/m1/s1. The van der Waals surface area contributed by atoms with Gasteiger partial charge >= 0.3 is 6.09 Å². The van der Waals surface area contributed by atoms with Gasteiger partial charge in [-0.1, -0.05) is 45.0 Å². The van der Waals surface area contributed by atoms with Gasteiger partial charge in [0.15, 0.2) is 5.82 Å². The van der Waals surface area contributed by atoms with Crippen molar-refractivity contribution in [3.63, 3.8) is 0 Å². The highest BCUT2D eigenvalue weighted by molar-refractivity contribution is 6.10. The molecule has 1 N–H and O–H groups in total. The fourth-order valence-electron chi connectivity index (χ4n) is 6.27. The third-order valence-electron chi connectivity index (χ3n) is 9.19. The van der Waals surface area contributed by atoms with Crippen LogP contribution in [0.5, 0.6) is 0 Å². The number of methoxy groups -OCH3 is 1. The number of aryl methyl sites for hydroxylation is 1. The molecule has 1 aromatic carbocycles. The van der Waals surface area contributed by atoms with Gasteiger partial charge in [0.1, 0.15) is 23.2 Å². The van der Waals surface area contributed by atoms with Crippen LogP contribution in [0.25, 0.3) is 17.2 Å². The largest absolute Gasteiger partial charge is 0.453 e. The Hall–Kier alpha value is -4.80. The van der Waals surface area contributed by atoms with E-state index in [1.165, 1.54) is 7.11 Å². The van der Waals surface area contributed by atoms with Gasteiger partial charge in [-0.15, -0.1) is 10.2 Å². The molecule has 6 rings (SSSR count). The molecule has 0 spiro atoms. The Labute approximate surface area is 257 Å². The Bertz CT molecular complexity index is 1730. The number of amides is 2. The van der Waals surface area contributed by atoms with Gasteiger partial charge in [-0.3, -0.25) is 14.3 Å². The number of nitrogens with one attached hydrogen (secondary N) is 1. The minimum Gasteiger partial charge on any atom is -0.453 e. The Morgan fingerprint density at radius 2 is 1.82 bits per heavy atom. The maximum absolute atomic E-state index is 14.1. The number of ether oxygens (including phenoxy) is 1. The molecule has 3 aromatic heterocycles. The van der Waals surface area contributed by atoms with Crippen molar-refractivity contribution in [2.45, 2.75) is 66.1 Å². The zero-order valence-electron chi connectivity index (χ0n) is 26.1. The summed E-state index contributed by atoms with van der Waals surface area (Å²) in [6, 6.07) is 17.3. The normalized spacial score (nSPS) is 18.1. The molecule has 1 atom stereocenters. The number of hydrogen-bond acceptors (Lipinski definition) is 8. The summed E-state index contributed by atoms with van der Waals surface area (Å²) in [4.78, 5) is 40.1. The third kappa shape index (κ3) is 4.95. The van der Waals surface area contributed by atoms with Crippen molar-refractivity contribution in [1.29, 1.82) is 0 Å². The molecular formula is C33H38N8O3. The smallest absolute Gasteiger partial charge is 0.407 e. The summed E-state index contributed by atoms with van der Waals surface area (Å²) >= 11 is 0. The monoisotopic (exact) mass is 594 g/mol. The lowest BCUT2D eigenvalue weighted by Crippen LogP contribution is -2.51. The average Bonchev–Trinajstić information content (AvgIpc) is 3.71. The minimum atomic E-state index is -0.556. The summed E-state index contributed by atoms with van der Waals surface area (Å²) in [7, 11) is 1.33. The van der Waals surface area contributed by atoms with E-state index >= 15 is 0 Å². The van der Waals surface area contributed by atoms with E-state index in [0.717, 1.165) is 42.3 Å². The number of pyridine rings is 2. The fraction of sp³-hybridized carbons (Fsp3) is 0.394. The molecule has 0 radical (unpaired) electrons. The van der Waals surface area contributed by atoms with Crippen molar-refractivity contribution < 1.29 is 14.3 Å². The number of carbonyl (C=O) groups is 2. The summed E-state index contributed by atoms with van der Waals surface area (Å²) in [6.07, 6.45) is 1.50. The highest BCUT2D eigenvalue weighted by Crippen LogP contribution is 2.46. The number of benzene rings is 1. The lowest BCUT2D eigenvalue weighted by atomic mass is 9.73. The van der Waals surface area contributed by atoms with Crippen molar-refractivity contribution in [2.24, 2.45) is 5.41 Å². The van der Waals surface area contributed by atoms with Gasteiger partial charge in [0.05, 0.1) is 31.5 Å². The quantitative estimate of drug-likeness (QED) is 0.313. The van der Waals surface area contributed by atoms with Crippen LogP contribution < -0.4 is 15.1 Å². The van der Waals surface area contributed by atoms with Crippen LogP contribution in [0.2, 0.25) is 0 Å². The van der Waals surface area contributed by atoms with Gasteiger partial charge in [0.25, 0.3) is 5.91 Å². The first kappa shape index (κ1) is 29.3. The number of aromatic nitrogens is 5. The van der Waals surface area contributed by atoms with Crippen LogP contribution in [0.15, 0.2) is 54.6 Å². The first-order valence-corrected chi connectivity index (χ1v) is 14.9. The molecule has 2 aliphatic rings. The summed E-state index contributed by atoms with van der Waals surface area (Å²) in [5, 5.41) is 11.5. The van der Waals surface area contributed by atoms with E-state index in [0.29, 0.717) is 28.6 Å². The predicted molar refractivity (Wildman–Crippen MR) is 168 cm³/mol. The van der Waals surface area contributed by atoms with Crippen molar-refractivity contribution in [3.05, 3.63) is 77.2 Å². The summed E-state index contributed by atoms with van der Waals surface area (Å²) in [5.41, 5.74) is 3.32. The van der Waals surface area contributed by atoms with Gasteiger partial charge in [0.2, 0.25) is 0 Å². The molecule has 0 saturated carbocycles. The molecule has 0 bridgehead atoms. The molecule has 2 amide bonds. The van der Waals surface area contributed by atoms with Crippen molar-refractivity contribution in [1.82, 2.24) is 30.0 Å². The van der Waals surface area contributed by atoms with Crippen LogP contribution >= 0.6 is 0 Å². The zero-order chi connectivity index (χ0) is 31.2. The van der Waals surface area contributed by atoms with E-state index in [9.17, 15) is 9.59 Å². The molecule has 11 nitrogen and oxygen atoms in total. The molecule has 4 aromatic rings. The molecule has 11 heteroatoms. The van der Waals surface area contributed by atoms with Crippen molar-refractivity contribution in [3.8, 4) is 17.2 Å². The van der Waals surface area contributed by atoms with E-state index in [4.69, 9.17) is 14.7 Å². The summed E-state index contributed by atoms with van der Waals surface area (Å²) in [6.45, 7) is 12.1. The van der Waals surface area contributed by atoms with Crippen LogP contribution in [-0.2, 0) is 17.8 Å². The molecule has 1 fully saturated rings. The summed E-state index contributed by atoms with van der Waals surface area (Å²) in [5.74, 6) is 2.39. The molecular weight excluding hydrogens is 556 g/mol. The van der Waals surface area contributed by atoms with Crippen LogP contribution in [0.4, 0.5) is 16.4 Å². The number of fused-ring (bicyclic) bond motifs is 1. The van der Waals surface area contributed by atoms with E-state index < -0.39 is 6.09 Å². The Morgan fingerprint density at radius 3 is 2.55 bits per heavy atom. The average molecular weight is 595 g/mol. The first-order chi connectivity index (χ1) is 21.0. The maximum atomic E-state index is 14.1. The number of carbonyl (C=O) groups excluding carboxylic acids is 2. The SMILES string of the molecule is COC(=O)NCc1nc(N2CCC[C@]2(C)C(C)(C)C)cc2c1CN(c1cccc(-c3nnc(C)n3-c3ccccc3)n1)C2=O. The Balaban J connectivity index is 1.39. The lowest BCUT2D eigenvalue weighted by molar-refractivity contribution is 0.0995. The highest BCUT2D eigenvalue weighted by Gasteiger charge is 2.47. The number of alkyl carbamates (subject to hydrolysis) is 1. The van der Waals surface area contributed by atoms with Gasteiger partial charge < -0.3 is 15.0 Å². The maximum Gasteiger partial charge on any atom is 0.407 e. The van der Waals surface area contributed by atoms with Crippen LogP contribution in [0, 0.1) is 12.3 Å². The van der Waals surface area contributed by atoms with E-state index in [1.807, 2.05) is 66.1 Å². The van der Waals surface area contributed by atoms with Crippen LogP contribution in [0.3, 0.4) is 0 Å². The van der Waals surface area contributed by atoms with E-state index in [2.05, 4.69) is 48.1 Å². The van der Waals surface area contributed by atoms with E-state index in [-0.39, 0.29) is 30.0 Å². The number of hydrogen-bond donors (Lipinski definition) is 1. The Morgan fingerprint density at radius 1 is 1.05 bits per heavy atom. The molecule has 5 heterocycles. The topological polar surface area (TPSA) is 118 Å². The first-order valence-electron chi connectivity index (χ1n) is 14.9. The van der Waals surface area contributed by atoms with E-state index in [1.54, 1.807) is 4.90 Å². The fourth-order valence-corrected chi connectivity index (χ4v) is 6.27. The number of para-hydroxylation sites is 1. The number of nitrogens with zero attached hydrogens (tertiary/aromatic N) is 7. The lowest BCUT2D eigenvalue weighted by Gasteiger charge is -2.46. The zero-order valence-corrected chi connectivity index (χ0v) is 26.1. The summed E-state index contributed by atoms with van der Waals surface area (Å²) < 4.78 is 6.77. The van der Waals surface area contributed by atoms with Gasteiger partial charge in [-0.25, -0.2) is 14.8 Å². The Kier molecular flexibility index (Phi) is 7.35. The molecule has 2 aliphatic heterocycles. The predicted octanol–water partition coefficient (Wildman–Crippen LogP) is 5.45. The number of rotatable bonds is 6. The molecule has 0 unspecified atom stereocenters. The molecule has 44 heavy (non-hydrogen) atoms. The van der Waals surface area contributed by atoms with Gasteiger partial charge in [0, 0.05) is 23.3 Å². The second-order valence-electron chi connectivity index (χ2n) is 12.6. The van der Waals surface area contributed by atoms with Gasteiger partial charge in [-0.05, 0) is 62.4 Å². The second-order valence-corrected chi connectivity index (χ2v) is 12.6. The molecule has 1 saturated heterocycles. The van der Waals surface area contributed by atoms with Crippen molar-refractivity contribution >= 4 is 23.6 Å². The van der Waals surface area contributed by atoms with Gasteiger partial charge in [-0.2, -0.15) is 0 Å². The second kappa shape index (κ2) is 11.0. The minimum absolute atomic E-state index is 0.0202. The third-order valence-corrected chi connectivity index (χ3v) is 9.19.